The van der Waals surface area contributed by atoms with Gasteiger partial charge in [0, 0.05) is 0 Å². The smallest absolute Gasteiger partial charge is 0.407 e. The molecule has 0 radical (unpaired) electrons. The average Bonchev–Trinajstić information content (AvgIpc) is 3.10. The molecule has 1 aromatic carbocycles. The van der Waals surface area contributed by atoms with E-state index in [0.29, 0.717) is 33.1 Å². The molecule has 1 aromatic heterocycles. The number of nitrogens with one attached hydrogen (secondary N) is 1. The first-order valence-corrected chi connectivity index (χ1v) is 10.4. The maximum Gasteiger partial charge on any atom is 0.407 e. The predicted octanol–water partition coefficient (Wildman–Crippen LogP) is 4.01. The lowest BCUT2D eigenvalue weighted by atomic mass is 10.1. The number of amides is 1. The van der Waals surface area contributed by atoms with Crippen LogP contribution in [0, 0.1) is 0 Å². The highest BCUT2D eigenvalue weighted by molar-refractivity contribution is 7.99. The number of carbonyl (C=O) groups excluding carboxylic acids is 2. The number of Topliss-reactive ketones (excluding diaryl/α,β-unsaturated/α-hetero) is 1. The third kappa shape index (κ3) is 6.65. The Morgan fingerprint density at radius 1 is 1.29 bits per heavy atom. The summed E-state index contributed by atoms with van der Waals surface area (Å²) in [5.41, 5.74) is 0. The van der Waals surface area contributed by atoms with Gasteiger partial charge in [0.05, 0.1) is 27.6 Å². The monoisotopic (exact) mass is 445 g/mol. The molecule has 0 aliphatic carbocycles. The number of hydrogen-bond donors (Lipinski definition) is 1. The van der Waals surface area contributed by atoms with Crippen LogP contribution in [0.2, 0.25) is 10.0 Å². The largest absolute Gasteiger partial charge is 0.450 e. The van der Waals surface area contributed by atoms with Crippen molar-refractivity contribution in [1.29, 1.82) is 0 Å². The van der Waals surface area contributed by atoms with Crippen LogP contribution >= 0.6 is 35.0 Å². The summed E-state index contributed by atoms with van der Waals surface area (Å²) in [7, 11) is 0. The van der Waals surface area contributed by atoms with Gasteiger partial charge in [-0.3, -0.25) is 4.79 Å². The van der Waals surface area contributed by atoms with Crippen molar-refractivity contribution in [3.63, 3.8) is 0 Å². The van der Waals surface area contributed by atoms with Gasteiger partial charge in [-0.1, -0.05) is 49.5 Å². The highest BCUT2D eigenvalue weighted by Gasteiger charge is 2.21. The third-order valence-corrected chi connectivity index (χ3v) is 5.51. The van der Waals surface area contributed by atoms with Gasteiger partial charge in [0.15, 0.2) is 5.78 Å². The van der Waals surface area contributed by atoms with E-state index in [-0.39, 0.29) is 12.3 Å². The van der Waals surface area contributed by atoms with E-state index < -0.39 is 12.1 Å². The molecule has 2 aromatic rings. The SMILES string of the molecule is CCCCOC(=O)NC(CC)C(=O)Cn1nnc(Sc2c(Cl)cccc2Cl)n1. The van der Waals surface area contributed by atoms with Gasteiger partial charge in [-0.2, -0.15) is 4.80 Å². The standard InChI is InChI=1S/C17H21Cl2N5O3S/c1-3-5-9-27-17(26)20-13(4-2)14(25)10-24-22-16(21-23-24)28-15-11(18)7-6-8-12(15)19/h6-8,13H,3-5,9-10H2,1-2H3,(H,20,26). The van der Waals surface area contributed by atoms with Crippen LogP contribution in [-0.4, -0.2) is 44.7 Å². The molecule has 1 atom stereocenters. The van der Waals surface area contributed by atoms with Crippen molar-refractivity contribution in [2.24, 2.45) is 0 Å². The number of alkyl carbamates (subject to hydrolysis) is 1. The van der Waals surface area contributed by atoms with Crippen molar-refractivity contribution in [3.8, 4) is 0 Å². The van der Waals surface area contributed by atoms with Crippen LogP contribution < -0.4 is 5.32 Å². The molecule has 152 valence electrons. The molecule has 0 aliphatic rings. The summed E-state index contributed by atoms with van der Waals surface area (Å²) >= 11 is 13.4. The highest BCUT2D eigenvalue weighted by atomic mass is 35.5. The van der Waals surface area contributed by atoms with Crippen molar-refractivity contribution in [2.75, 3.05) is 6.61 Å². The van der Waals surface area contributed by atoms with Crippen molar-refractivity contribution in [2.45, 2.75) is 55.7 Å². The van der Waals surface area contributed by atoms with Gasteiger partial charge < -0.3 is 10.1 Å². The van der Waals surface area contributed by atoms with Gasteiger partial charge in [0.25, 0.3) is 0 Å². The molecule has 1 amide bonds. The Bertz CT molecular complexity index is 798. The van der Waals surface area contributed by atoms with Crippen LogP contribution in [0.3, 0.4) is 0 Å². The Morgan fingerprint density at radius 2 is 2.00 bits per heavy atom. The zero-order valence-corrected chi connectivity index (χ0v) is 17.9. The number of benzene rings is 1. The Kier molecular flexibility index (Phi) is 9.01. The number of ketones is 1. The van der Waals surface area contributed by atoms with Gasteiger partial charge >= 0.3 is 6.09 Å². The summed E-state index contributed by atoms with van der Waals surface area (Å²) in [5.74, 6) is -0.250. The van der Waals surface area contributed by atoms with Crippen LogP contribution in [0.5, 0.6) is 0 Å². The van der Waals surface area contributed by atoms with Gasteiger partial charge in [-0.05, 0) is 41.9 Å². The van der Waals surface area contributed by atoms with E-state index in [4.69, 9.17) is 27.9 Å². The fourth-order valence-corrected chi connectivity index (χ4v) is 3.52. The number of tetrazole rings is 1. The topological polar surface area (TPSA) is 99.0 Å². The van der Waals surface area contributed by atoms with Crippen molar-refractivity contribution >= 4 is 46.8 Å². The zero-order chi connectivity index (χ0) is 20.5. The first-order chi connectivity index (χ1) is 13.4. The molecule has 1 unspecified atom stereocenters. The normalized spacial score (nSPS) is 11.9. The molecule has 0 saturated heterocycles. The quantitative estimate of drug-likeness (QED) is 0.551. The molecule has 0 spiro atoms. The summed E-state index contributed by atoms with van der Waals surface area (Å²) < 4.78 is 5.03. The van der Waals surface area contributed by atoms with E-state index in [0.717, 1.165) is 24.6 Å². The molecule has 11 heteroatoms. The fourth-order valence-electron chi connectivity index (χ4n) is 2.16. The molecule has 28 heavy (non-hydrogen) atoms. The summed E-state index contributed by atoms with van der Waals surface area (Å²) in [6, 6.07) is 4.47. The summed E-state index contributed by atoms with van der Waals surface area (Å²) in [4.78, 5) is 26.0. The van der Waals surface area contributed by atoms with E-state index in [1.165, 1.54) is 4.80 Å². The van der Waals surface area contributed by atoms with E-state index in [1.807, 2.05) is 6.92 Å². The minimum Gasteiger partial charge on any atom is -0.450 e. The lowest BCUT2D eigenvalue weighted by Crippen LogP contribution is -2.42. The van der Waals surface area contributed by atoms with Crippen molar-refractivity contribution in [3.05, 3.63) is 28.2 Å². The second kappa shape index (κ2) is 11.2. The van der Waals surface area contributed by atoms with E-state index in [2.05, 4.69) is 20.7 Å². The predicted molar refractivity (Wildman–Crippen MR) is 107 cm³/mol. The molecule has 8 nitrogen and oxygen atoms in total. The first kappa shape index (κ1) is 22.4. The second-order valence-corrected chi connectivity index (χ2v) is 7.61. The van der Waals surface area contributed by atoms with Crippen LogP contribution in [0.1, 0.15) is 33.1 Å². The number of hydrogen-bond acceptors (Lipinski definition) is 7. The minimum atomic E-state index is -0.686. The molecule has 0 saturated carbocycles. The van der Waals surface area contributed by atoms with Gasteiger partial charge in [0.1, 0.15) is 6.54 Å². The van der Waals surface area contributed by atoms with Gasteiger partial charge in [-0.15, -0.1) is 10.2 Å². The molecule has 0 bridgehead atoms. The maximum atomic E-state index is 12.4. The lowest BCUT2D eigenvalue weighted by molar-refractivity contribution is -0.122. The van der Waals surface area contributed by atoms with Crippen LogP contribution in [0.4, 0.5) is 4.79 Å². The molecule has 2 rings (SSSR count). The van der Waals surface area contributed by atoms with Crippen LogP contribution in [0.15, 0.2) is 28.3 Å². The fraction of sp³-hybridized carbons (Fsp3) is 0.471. The Labute approximate surface area is 177 Å². The number of unbranched alkanes of at least 4 members (excludes halogenated alkanes) is 1. The number of nitrogens with zero attached hydrogens (tertiary/aromatic N) is 4. The summed E-state index contributed by atoms with van der Waals surface area (Å²) in [6.45, 7) is 3.99. The Hall–Kier alpha value is -1.84. The first-order valence-electron chi connectivity index (χ1n) is 8.80. The average molecular weight is 446 g/mol. The number of ether oxygens (including phenoxy) is 1. The van der Waals surface area contributed by atoms with Crippen LogP contribution in [0.25, 0.3) is 0 Å². The van der Waals surface area contributed by atoms with E-state index >= 15 is 0 Å². The zero-order valence-electron chi connectivity index (χ0n) is 15.5. The lowest BCUT2D eigenvalue weighted by Gasteiger charge is -2.15. The molecular formula is C17H21Cl2N5O3S. The van der Waals surface area contributed by atoms with Gasteiger partial charge in [0.2, 0.25) is 5.16 Å². The number of aromatic nitrogens is 4. The van der Waals surface area contributed by atoms with Crippen molar-refractivity contribution in [1.82, 2.24) is 25.5 Å². The Balaban J connectivity index is 1.94. The second-order valence-electron chi connectivity index (χ2n) is 5.82. The molecule has 0 aliphatic heterocycles. The van der Waals surface area contributed by atoms with E-state index in [1.54, 1.807) is 25.1 Å². The molecule has 0 fully saturated rings. The van der Waals surface area contributed by atoms with E-state index in [9.17, 15) is 9.59 Å². The highest BCUT2D eigenvalue weighted by Crippen LogP contribution is 2.36. The Morgan fingerprint density at radius 3 is 2.64 bits per heavy atom. The summed E-state index contributed by atoms with van der Waals surface area (Å²) in [6.07, 6.45) is 1.51. The molecule has 1 N–H and O–H groups in total. The van der Waals surface area contributed by atoms with Crippen molar-refractivity contribution < 1.29 is 14.3 Å². The van der Waals surface area contributed by atoms with Crippen LogP contribution in [-0.2, 0) is 16.1 Å². The number of carbonyl (C=O) groups is 2. The minimum absolute atomic E-state index is 0.127. The molecular weight excluding hydrogens is 425 g/mol. The third-order valence-electron chi connectivity index (χ3n) is 3.66. The molecule has 1 heterocycles. The number of rotatable bonds is 10. The van der Waals surface area contributed by atoms with Gasteiger partial charge in [-0.25, -0.2) is 4.79 Å². The summed E-state index contributed by atoms with van der Waals surface area (Å²) in [5, 5.41) is 15.8. The maximum absolute atomic E-state index is 12.4. The number of halogens is 2.